The number of hydrogen-bond acceptors (Lipinski definition) is 5. The van der Waals surface area contributed by atoms with Crippen LogP contribution >= 0.6 is 0 Å². The molecule has 4 aromatic rings. The lowest BCUT2D eigenvalue weighted by Gasteiger charge is -2.24. The smallest absolute Gasteiger partial charge is 0.329 e. The SMILES string of the molecule is CC[C@@H](C)[C@H](NC(=O)[C@H](C)NC(=O)[C@H](Cc1c[nH]c2ccccc12)n1c(=O)[nH]c2ccccc2c1=O)C(=O)O. The zero-order valence-electron chi connectivity index (χ0n) is 21.9. The number of carbonyl (C=O) groups is 3. The highest BCUT2D eigenvalue weighted by atomic mass is 16.4. The molecule has 0 unspecified atom stereocenters. The lowest BCUT2D eigenvalue weighted by atomic mass is 9.99. The number of fused-ring (bicyclic) bond motifs is 2. The van der Waals surface area contributed by atoms with Crippen LogP contribution in [-0.4, -0.2) is 49.5 Å². The number of rotatable bonds is 10. The number of carboxylic acid groups (broad SMARTS) is 1. The van der Waals surface area contributed by atoms with E-state index in [-0.39, 0.29) is 17.7 Å². The number of benzene rings is 2. The summed E-state index contributed by atoms with van der Waals surface area (Å²) in [6.07, 6.45) is 2.22. The molecule has 4 atom stereocenters. The topological polar surface area (TPSA) is 166 Å². The number of carboxylic acids is 1. The Morgan fingerprint density at radius 1 is 0.923 bits per heavy atom. The summed E-state index contributed by atoms with van der Waals surface area (Å²) in [4.78, 5) is 70.5. The molecule has 0 fully saturated rings. The van der Waals surface area contributed by atoms with Gasteiger partial charge < -0.3 is 25.7 Å². The first kappa shape index (κ1) is 27.4. The predicted octanol–water partition coefficient (Wildman–Crippen LogP) is 2.08. The molecule has 0 saturated heterocycles. The number of carbonyl (C=O) groups excluding carboxylic acids is 2. The summed E-state index contributed by atoms with van der Waals surface area (Å²) in [6, 6.07) is 10.4. The van der Waals surface area contributed by atoms with E-state index in [0.29, 0.717) is 17.5 Å². The number of para-hydroxylation sites is 2. The number of aromatic amines is 2. The van der Waals surface area contributed by atoms with Crippen LogP contribution in [-0.2, 0) is 20.8 Å². The summed E-state index contributed by atoms with van der Waals surface area (Å²) in [5.41, 5.74) is 0.453. The summed E-state index contributed by atoms with van der Waals surface area (Å²) in [5, 5.41) is 15.6. The van der Waals surface area contributed by atoms with Gasteiger partial charge in [-0.3, -0.25) is 14.4 Å². The quantitative estimate of drug-likeness (QED) is 0.209. The van der Waals surface area contributed by atoms with E-state index in [9.17, 15) is 29.1 Å². The third kappa shape index (κ3) is 5.62. The van der Waals surface area contributed by atoms with Gasteiger partial charge in [0.05, 0.1) is 10.9 Å². The fourth-order valence-corrected chi connectivity index (χ4v) is 4.61. The standard InChI is InChI=1S/C28H31N5O6/c1-4-15(2)23(27(37)38)32-24(34)16(3)30-25(35)22(13-17-14-29-20-11-7-5-9-18(17)20)33-26(36)19-10-6-8-12-21(19)31-28(33)39/h5-12,14-16,22-23,29H,4,13H2,1-3H3,(H,30,35)(H,31,39)(H,32,34)(H,37,38)/t15-,16+,22+,23+/m1/s1. The highest BCUT2D eigenvalue weighted by Crippen LogP contribution is 2.22. The minimum atomic E-state index is -1.30. The number of nitrogens with zero attached hydrogens (tertiary/aromatic N) is 1. The van der Waals surface area contributed by atoms with E-state index >= 15 is 0 Å². The van der Waals surface area contributed by atoms with Crippen LogP contribution in [0.2, 0.25) is 0 Å². The van der Waals surface area contributed by atoms with Crippen molar-refractivity contribution >= 4 is 39.6 Å². The summed E-state index contributed by atoms with van der Waals surface area (Å²) >= 11 is 0. The van der Waals surface area contributed by atoms with Gasteiger partial charge in [-0.05, 0) is 36.6 Å². The van der Waals surface area contributed by atoms with Gasteiger partial charge in [-0.1, -0.05) is 50.6 Å². The number of nitrogens with one attached hydrogen (secondary N) is 4. The van der Waals surface area contributed by atoms with Crippen molar-refractivity contribution in [3.63, 3.8) is 0 Å². The van der Waals surface area contributed by atoms with E-state index in [1.165, 1.54) is 6.92 Å². The van der Waals surface area contributed by atoms with Gasteiger partial charge in [0, 0.05) is 23.5 Å². The molecule has 2 aromatic heterocycles. The lowest BCUT2D eigenvalue weighted by molar-refractivity contribution is -0.143. The summed E-state index contributed by atoms with van der Waals surface area (Å²) in [6.45, 7) is 4.93. The van der Waals surface area contributed by atoms with Gasteiger partial charge >= 0.3 is 11.7 Å². The van der Waals surface area contributed by atoms with E-state index < -0.39 is 47.2 Å². The fraction of sp³-hybridized carbons (Fsp3) is 0.321. The van der Waals surface area contributed by atoms with Gasteiger partial charge in [-0.25, -0.2) is 14.2 Å². The van der Waals surface area contributed by atoms with Gasteiger partial charge in [-0.15, -0.1) is 0 Å². The molecule has 0 bridgehead atoms. The molecule has 0 aliphatic rings. The number of hydrogen-bond donors (Lipinski definition) is 5. The zero-order chi connectivity index (χ0) is 28.3. The molecule has 2 amide bonds. The van der Waals surface area contributed by atoms with Crippen LogP contribution in [0.25, 0.3) is 21.8 Å². The van der Waals surface area contributed by atoms with E-state index in [4.69, 9.17) is 0 Å². The van der Waals surface area contributed by atoms with Gasteiger partial charge in [0.2, 0.25) is 11.8 Å². The first-order chi connectivity index (χ1) is 18.6. The molecule has 2 heterocycles. The zero-order valence-corrected chi connectivity index (χ0v) is 21.9. The molecule has 5 N–H and O–H groups in total. The largest absolute Gasteiger partial charge is 0.480 e. The average Bonchev–Trinajstić information content (AvgIpc) is 3.33. The number of H-pyrrole nitrogens is 2. The Morgan fingerprint density at radius 3 is 2.23 bits per heavy atom. The molecule has 0 radical (unpaired) electrons. The van der Waals surface area contributed by atoms with Crippen LogP contribution in [0.1, 0.15) is 38.8 Å². The Morgan fingerprint density at radius 2 is 1.56 bits per heavy atom. The summed E-state index contributed by atoms with van der Waals surface area (Å²) in [7, 11) is 0. The van der Waals surface area contributed by atoms with E-state index in [1.54, 1.807) is 37.4 Å². The number of aromatic nitrogens is 3. The molecule has 0 aliphatic carbocycles. The van der Waals surface area contributed by atoms with Crippen molar-refractivity contribution < 1.29 is 19.5 Å². The Hall–Kier alpha value is -4.67. The first-order valence-electron chi connectivity index (χ1n) is 12.7. The van der Waals surface area contributed by atoms with Crippen molar-refractivity contribution in [3.05, 3.63) is 81.1 Å². The minimum Gasteiger partial charge on any atom is -0.480 e. The second-order valence-electron chi connectivity index (χ2n) is 9.67. The normalized spacial score (nSPS) is 14.4. The predicted molar refractivity (Wildman–Crippen MR) is 146 cm³/mol. The lowest BCUT2D eigenvalue weighted by Crippen LogP contribution is -2.54. The van der Waals surface area contributed by atoms with Crippen LogP contribution in [0.5, 0.6) is 0 Å². The number of aliphatic carboxylic acids is 1. The van der Waals surface area contributed by atoms with Crippen molar-refractivity contribution in [2.75, 3.05) is 0 Å². The average molecular weight is 534 g/mol. The van der Waals surface area contributed by atoms with Gasteiger partial charge in [0.15, 0.2) is 0 Å². The van der Waals surface area contributed by atoms with Crippen molar-refractivity contribution in [1.82, 2.24) is 25.2 Å². The molecule has 2 aromatic carbocycles. The molecule has 11 heteroatoms. The molecule has 4 rings (SSSR count). The molecule has 11 nitrogen and oxygen atoms in total. The van der Waals surface area contributed by atoms with Gasteiger partial charge in [-0.2, -0.15) is 0 Å². The molecular weight excluding hydrogens is 502 g/mol. The Balaban J connectivity index is 1.70. The molecule has 0 saturated carbocycles. The number of amides is 2. The van der Waals surface area contributed by atoms with Gasteiger partial charge in [0.1, 0.15) is 18.1 Å². The molecule has 39 heavy (non-hydrogen) atoms. The Kier molecular flexibility index (Phi) is 7.99. The molecule has 204 valence electrons. The maximum atomic E-state index is 13.6. The van der Waals surface area contributed by atoms with Crippen LogP contribution in [0.4, 0.5) is 0 Å². The fourth-order valence-electron chi connectivity index (χ4n) is 4.61. The Bertz CT molecular complexity index is 1650. The van der Waals surface area contributed by atoms with E-state index in [1.807, 2.05) is 31.2 Å². The third-order valence-electron chi connectivity index (χ3n) is 7.07. The highest BCUT2D eigenvalue weighted by Gasteiger charge is 2.31. The van der Waals surface area contributed by atoms with Crippen molar-refractivity contribution in [2.45, 2.75) is 51.7 Å². The summed E-state index contributed by atoms with van der Waals surface area (Å²) < 4.78 is 0.864. The van der Waals surface area contributed by atoms with Crippen molar-refractivity contribution in [1.29, 1.82) is 0 Å². The van der Waals surface area contributed by atoms with Crippen LogP contribution in [0, 0.1) is 5.92 Å². The summed E-state index contributed by atoms with van der Waals surface area (Å²) in [5.74, 6) is -2.94. The monoisotopic (exact) mass is 533 g/mol. The van der Waals surface area contributed by atoms with Gasteiger partial charge in [0.25, 0.3) is 5.56 Å². The van der Waals surface area contributed by atoms with Crippen LogP contribution in [0.15, 0.2) is 64.3 Å². The first-order valence-corrected chi connectivity index (χ1v) is 12.7. The van der Waals surface area contributed by atoms with Crippen LogP contribution in [0.3, 0.4) is 0 Å². The molecule has 0 aliphatic heterocycles. The van der Waals surface area contributed by atoms with Crippen molar-refractivity contribution in [2.24, 2.45) is 5.92 Å². The van der Waals surface area contributed by atoms with Crippen molar-refractivity contribution in [3.8, 4) is 0 Å². The third-order valence-corrected chi connectivity index (χ3v) is 7.07. The van der Waals surface area contributed by atoms with Crippen LogP contribution < -0.4 is 21.9 Å². The van der Waals surface area contributed by atoms with E-state index in [0.717, 1.165) is 15.5 Å². The van der Waals surface area contributed by atoms with E-state index in [2.05, 4.69) is 20.6 Å². The Labute approximate surface area is 223 Å². The highest BCUT2D eigenvalue weighted by molar-refractivity contribution is 5.92. The molecular formula is C28H31N5O6. The maximum Gasteiger partial charge on any atom is 0.329 e. The second-order valence-corrected chi connectivity index (χ2v) is 9.67. The second kappa shape index (κ2) is 11.4. The molecule has 0 spiro atoms. The minimum absolute atomic E-state index is 0.0177. The maximum absolute atomic E-state index is 13.6.